The van der Waals surface area contributed by atoms with Gasteiger partial charge in [0.05, 0.1) is 0 Å². The van der Waals surface area contributed by atoms with Crippen molar-refractivity contribution in [2.45, 2.75) is 30.9 Å². The van der Waals surface area contributed by atoms with Crippen LogP contribution < -0.4 is 4.90 Å². The quantitative estimate of drug-likeness (QED) is 0.911. The zero-order valence-corrected chi connectivity index (χ0v) is 13.8. The molecule has 2 aliphatic heterocycles. The predicted molar refractivity (Wildman–Crippen MR) is 89.1 cm³/mol. The number of thioether (sulfide) groups is 1. The minimum absolute atomic E-state index is 0.0974. The van der Waals surface area contributed by atoms with Gasteiger partial charge in [-0.05, 0) is 37.1 Å². The van der Waals surface area contributed by atoms with E-state index < -0.39 is 5.60 Å². The van der Waals surface area contributed by atoms with Crippen LogP contribution in [-0.2, 0) is 4.79 Å². The molecule has 1 aromatic rings. The summed E-state index contributed by atoms with van der Waals surface area (Å²) in [5, 5.41) is 10.5. The molecule has 1 amide bonds. The fourth-order valence-electron chi connectivity index (χ4n) is 3.28. The third kappa shape index (κ3) is 3.08. The van der Waals surface area contributed by atoms with Gasteiger partial charge in [-0.2, -0.15) is 11.8 Å². The lowest BCUT2D eigenvalue weighted by Gasteiger charge is -2.39. The maximum Gasteiger partial charge on any atom is 0.255 e. The Morgan fingerprint density at radius 1 is 1.41 bits per heavy atom. The number of rotatable bonds is 3. The van der Waals surface area contributed by atoms with Crippen LogP contribution in [0.5, 0.6) is 0 Å². The Labute approximate surface area is 135 Å². The lowest BCUT2D eigenvalue weighted by atomic mass is 9.97. The third-order valence-electron chi connectivity index (χ3n) is 4.76. The molecule has 1 aromatic heterocycles. The molecule has 1 unspecified atom stereocenters. The fraction of sp³-hybridized carbons (Fsp3) is 0.625. The van der Waals surface area contributed by atoms with Crippen molar-refractivity contribution in [2.24, 2.45) is 0 Å². The van der Waals surface area contributed by atoms with Gasteiger partial charge in [0.2, 0.25) is 0 Å². The highest BCUT2D eigenvalue weighted by atomic mass is 32.2. The fourth-order valence-corrected chi connectivity index (χ4v) is 4.52. The SMILES string of the molecule is CN(C(=O)C1(O)CCSC1)C1CCN(c2ccncc2)CC1. The van der Waals surface area contributed by atoms with Crippen LogP contribution >= 0.6 is 11.8 Å². The number of likely N-dealkylation sites (N-methyl/N-ethyl adjacent to an activating group) is 1. The van der Waals surface area contributed by atoms with Crippen molar-refractivity contribution in [3.05, 3.63) is 24.5 Å². The van der Waals surface area contributed by atoms with Gasteiger partial charge in [0.15, 0.2) is 5.60 Å². The Bertz CT molecular complexity index is 511. The van der Waals surface area contributed by atoms with Crippen LogP contribution in [-0.4, -0.2) is 64.2 Å². The average molecular weight is 321 g/mol. The van der Waals surface area contributed by atoms with Gasteiger partial charge < -0.3 is 14.9 Å². The van der Waals surface area contributed by atoms with Crippen LogP contribution in [0.15, 0.2) is 24.5 Å². The van der Waals surface area contributed by atoms with Crippen LogP contribution in [0, 0.1) is 0 Å². The maximum absolute atomic E-state index is 12.6. The van der Waals surface area contributed by atoms with E-state index in [0.717, 1.165) is 31.7 Å². The number of hydrogen-bond acceptors (Lipinski definition) is 5. The second kappa shape index (κ2) is 6.46. The Balaban J connectivity index is 1.58. The Morgan fingerprint density at radius 3 is 2.68 bits per heavy atom. The molecular weight excluding hydrogens is 298 g/mol. The highest BCUT2D eigenvalue weighted by Gasteiger charge is 2.43. The monoisotopic (exact) mass is 321 g/mol. The number of amides is 1. The normalized spacial score (nSPS) is 26.2. The number of hydrogen-bond donors (Lipinski definition) is 1. The van der Waals surface area contributed by atoms with Crippen LogP contribution in [0.25, 0.3) is 0 Å². The van der Waals surface area contributed by atoms with Gasteiger partial charge in [0.25, 0.3) is 5.91 Å². The molecule has 2 aliphatic rings. The van der Waals surface area contributed by atoms with Gasteiger partial charge in [-0.15, -0.1) is 0 Å². The molecular formula is C16H23N3O2S. The summed E-state index contributed by atoms with van der Waals surface area (Å²) in [7, 11) is 1.84. The van der Waals surface area contributed by atoms with E-state index in [4.69, 9.17) is 0 Å². The largest absolute Gasteiger partial charge is 0.379 e. The van der Waals surface area contributed by atoms with Gasteiger partial charge in [-0.25, -0.2) is 0 Å². The van der Waals surface area contributed by atoms with Crippen LogP contribution in [0.4, 0.5) is 5.69 Å². The van der Waals surface area contributed by atoms with E-state index in [9.17, 15) is 9.90 Å². The summed E-state index contributed by atoms with van der Waals surface area (Å²) in [4.78, 5) is 20.7. The summed E-state index contributed by atoms with van der Waals surface area (Å²) in [5.41, 5.74) is 0.0509. The lowest BCUT2D eigenvalue weighted by molar-refractivity contribution is -0.149. The van der Waals surface area contributed by atoms with E-state index in [1.807, 2.05) is 31.6 Å². The van der Waals surface area contributed by atoms with Crippen molar-refractivity contribution in [2.75, 3.05) is 36.5 Å². The first-order valence-corrected chi connectivity index (χ1v) is 8.98. The van der Waals surface area contributed by atoms with E-state index in [-0.39, 0.29) is 11.9 Å². The first kappa shape index (κ1) is 15.6. The van der Waals surface area contributed by atoms with Crippen molar-refractivity contribution >= 4 is 23.4 Å². The molecule has 0 aromatic carbocycles. The number of carbonyl (C=O) groups excluding carboxylic acids is 1. The predicted octanol–water partition coefficient (Wildman–Crippen LogP) is 1.38. The van der Waals surface area contributed by atoms with Gasteiger partial charge in [-0.1, -0.05) is 0 Å². The highest BCUT2D eigenvalue weighted by Crippen LogP contribution is 2.31. The number of aromatic nitrogens is 1. The number of piperidine rings is 1. The van der Waals surface area contributed by atoms with Crippen molar-refractivity contribution < 1.29 is 9.90 Å². The summed E-state index contributed by atoms with van der Waals surface area (Å²) in [5.74, 6) is 1.31. The Morgan fingerprint density at radius 2 is 2.09 bits per heavy atom. The molecule has 0 spiro atoms. The van der Waals surface area contributed by atoms with Crippen LogP contribution in [0.3, 0.4) is 0 Å². The van der Waals surface area contributed by atoms with E-state index in [0.29, 0.717) is 12.2 Å². The van der Waals surface area contributed by atoms with E-state index >= 15 is 0 Å². The number of aliphatic hydroxyl groups is 1. The van der Waals surface area contributed by atoms with Gasteiger partial charge >= 0.3 is 0 Å². The zero-order valence-electron chi connectivity index (χ0n) is 12.9. The molecule has 0 aliphatic carbocycles. The number of nitrogens with zero attached hydrogens (tertiary/aromatic N) is 3. The van der Waals surface area contributed by atoms with Gasteiger partial charge in [0, 0.05) is 50.0 Å². The Kier molecular flexibility index (Phi) is 4.59. The molecule has 0 saturated carbocycles. The standard InChI is InChI=1S/C16H23N3O2S/c1-18(15(20)16(21)6-11-22-12-16)13-4-9-19(10-5-13)14-2-7-17-8-3-14/h2-3,7-8,13,21H,4-6,9-12H2,1H3. The first-order chi connectivity index (χ1) is 10.6. The second-order valence-corrected chi connectivity index (χ2v) is 7.28. The summed E-state index contributed by atoms with van der Waals surface area (Å²) in [6.45, 7) is 1.86. The second-order valence-electron chi connectivity index (χ2n) is 6.17. The summed E-state index contributed by atoms with van der Waals surface area (Å²) in [6, 6.07) is 4.27. The highest BCUT2D eigenvalue weighted by molar-refractivity contribution is 7.99. The number of carbonyl (C=O) groups is 1. The zero-order chi connectivity index (χ0) is 15.6. The topological polar surface area (TPSA) is 56.7 Å². The molecule has 3 rings (SSSR count). The molecule has 5 nitrogen and oxygen atoms in total. The summed E-state index contributed by atoms with van der Waals surface area (Å²) < 4.78 is 0. The summed E-state index contributed by atoms with van der Waals surface area (Å²) in [6.07, 6.45) is 6.08. The van der Waals surface area contributed by atoms with Crippen LogP contribution in [0.1, 0.15) is 19.3 Å². The van der Waals surface area contributed by atoms with Crippen molar-refractivity contribution in [1.29, 1.82) is 0 Å². The van der Waals surface area contributed by atoms with E-state index in [1.54, 1.807) is 16.7 Å². The summed E-state index contributed by atoms with van der Waals surface area (Å²) >= 11 is 1.66. The van der Waals surface area contributed by atoms with Gasteiger partial charge in [0.1, 0.15) is 0 Å². The molecule has 120 valence electrons. The molecule has 0 bridgehead atoms. The maximum atomic E-state index is 12.6. The van der Waals surface area contributed by atoms with Crippen molar-refractivity contribution in [3.63, 3.8) is 0 Å². The minimum Gasteiger partial charge on any atom is -0.379 e. The average Bonchev–Trinajstić information content (AvgIpc) is 3.02. The number of anilines is 1. The van der Waals surface area contributed by atoms with Gasteiger partial charge in [-0.3, -0.25) is 9.78 Å². The smallest absolute Gasteiger partial charge is 0.255 e. The van der Waals surface area contributed by atoms with E-state index in [1.165, 1.54) is 5.69 Å². The molecule has 22 heavy (non-hydrogen) atoms. The molecule has 1 N–H and O–H groups in total. The first-order valence-electron chi connectivity index (χ1n) is 7.82. The molecule has 2 fully saturated rings. The van der Waals surface area contributed by atoms with Crippen LogP contribution in [0.2, 0.25) is 0 Å². The number of pyridine rings is 1. The molecule has 1 atom stereocenters. The lowest BCUT2D eigenvalue weighted by Crippen LogP contribution is -2.53. The molecule has 0 radical (unpaired) electrons. The molecule has 6 heteroatoms. The Hall–Kier alpha value is -1.27. The molecule has 2 saturated heterocycles. The third-order valence-corrected chi connectivity index (χ3v) is 5.93. The van der Waals surface area contributed by atoms with Crippen molar-refractivity contribution in [1.82, 2.24) is 9.88 Å². The minimum atomic E-state index is -1.14. The van der Waals surface area contributed by atoms with E-state index in [2.05, 4.69) is 9.88 Å². The molecule has 3 heterocycles. The van der Waals surface area contributed by atoms with Crippen molar-refractivity contribution in [3.8, 4) is 0 Å².